The standard InChI is InChI=1S/C29H28Cl2F2N2O2S/c1-18-5-8-21(32)11-12-29(4,20-7-10-25(24(31)13-20)37-17-28(2,3)36)26-15-34-27(35(18)26)38-16-19-6-9-22(33)14-23(19)30/h5-11,13-15,36H,1,12,16-17H2,2-4H3. The molecule has 4 nitrogen and oxygen atoms in total. The fraction of sp³-hybridized carbons (Fsp3) is 0.276. The van der Waals surface area contributed by atoms with Crippen LogP contribution in [0.4, 0.5) is 8.78 Å². The number of allylic oxidation sites excluding steroid dienone is 5. The van der Waals surface area contributed by atoms with Crippen molar-refractivity contribution in [2.75, 3.05) is 6.61 Å². The van der Waals surface area contributed by atoms with E-state index in [2.05, 4.69) is 11.6 Å². The zero-order chi connectivity index (χ0) is 27.7. The van der Waals surface area contributed by atoms with Crippen LogP contribution in [0.25, 0.3) is 5.70 Å². The number of hydrogen-bond donors (Lipinski definition) is 1. The van der Waals surface area contributed by atoms with Gasteiger partial charge < -0.3 is 9.84 Å². The van der Waals surface area contributed by atoms with Gasteiger partial charge in [0.2, 0.25) is 0 Å². The summed E-state index contributed by atoms with van der Waals surface area (Å²) in [5, 5.41) is 11.4. The molecule has 0 amide bonds. The monoisotopic (exact) mass is 576 g/mol. The molecule has 2 aromatic carbocycles. The third-order valence-corrected chi connectivity index (χ3v) is 7.89. The van der Waals surface area contributed by atoms with Crippen LogP contribution in [0.5, 0.6) is 5.75 Å². The van der Waals surface area contributed by atoms with Crippen LogP contribution in [0.15, 0.2) is 78.4 Å². The highest BCUT2D eigenvalue weighted by Crippen LogP contribution is 2.42. The largest absolute Gasteiger partial charge is 0.489 e. The Kier molecular flexibility index (Phi) is 8.43. The first kappa shape index (κ1) is 28.4. The summed E-state index contributed by atoms with van der Waals surface area (Å²) in [7, 11) is 0. The van der Waals surface area contributed by atoms with Gasteiger partial charge >= 0.3 is 0 Å². The lowest BCUT2D eigenvalue weighted by Gasteiger charge is -2.31. The molecule has 1 N–H and O–H groups in total. The first-order valence-electron chi connectivity index (χ1n) is 11.9. The van der Waals surface area contributed by atoms with Gasteiger partial charge in [-0.15, -0.1) is 0 Å². The summed E-state index contributed by atoms with van der Waals surface area (Å²) in [4.78, 5) is 4.68. The van der Waals surface area contributed by atoms with Gasteiger partial charge in [0.1, 0.15) is 24.0 Å². The van der Waals surface area contributed by atoms with Crippen molar-refractivity contribution in [3.8, 4) is 5.75 Å². The van der Waals surface area contributed by atoms with E-state index in [1.54, 1.807) is 44.3 Å². The highest BCUT2D eigenvalue weighted by molar-refractivity contribution is 7.98. The van der Waals surface area contributed by atoms with Crippen LogP contribution in [-0.4, -0.2) is 26.9 Å². The van der Waals surface area contributed by atoms with E-state index in [0.717, 1.165) is 16.8 Å². The minimum absolute atomic E-state index is 0.0776. The van der Waals surface area contributed by atoms with Gasteiger partial charge in [0.15, 0.2) is 5.16 Å². The number of rotatable bonds is 7. The second kappa shape index (κ2) is 11.3. The summed E-state index contributed by atoms with van der Waals surface area (Å²) in [6.45, 7) is 9.55. The molecule has 1 aliphatic heterocycles. The summed E-state index contributed by atoms with van der Waals surface area (Å²) in [6, 6.07) is 9.73. The highest BCUT2D eigenvalue weighted by Gasteiger charge is 2.34. The fourth-order valence-electron chi connectivity index (χ4n) is 4.09. The molecular formula is C29H28Cl2F2N2O2S. The molecule has 38 heavy (non-hydrogen) atoms. The second-order valence-corrected chi connectivity index (χ2v) is 11.7. The van der Waals surface area contributed by atoms with Crippen LogP contribution < -0.4 is 4.74 Å². The van der Waals surface area contributed by atoms with E-state index < -0.39 is 16.8 Å². The lowest BCUT2D eigenvalue weighted by atomic mass is 9.76. The van der Waals surface area contributed by atoms with Crippen LogP contribution in [-0.2, 0) is 11.2 Å². The molecule has 4 rings (SSSR count). The van der Waals surface area contributed by atoms with E-state index in [1.165, 1.54) is 36.0 Å². The molecule has 2 heterocycles. The number of aromatic nitrogens is 2. The number of hydrogen-bond acceptors (Lipinski definition) is 4. The van der Waals surface area contributed by atoms with Crippen molar-refractivity contribution in [1.29, 1.82) is 0 Å². The molecule has 0 spiro atoms. The fourth-order valence-corrected chi connectivity index (χ4v) is 5.65. The predicted molar refractivity (Wildman–Crippen MR) is 151 cm³/mol. The minimum atomic E-state index is -1.01. The maximum atomic E-state index is 14.7. The zero-order valence-electron chi connectivity index (χ0n) is 21.3. The first-order valence-corrected chi connectivity index (χ1v) is 13.6. The number of ether oxygens (including phenoxy) is 1. The third-order valence-electron chi connectivity index (χ3n) is 6.24. The van der Waals surface area contributed by atoms with E-state index in [0.29, 0.717) is 38.8 Å². The van der Waals surface area contributed by atoms with E-state index in [-0.39, 0.29) is 12.4 Å². The molecule has 1 aliphatic rings. The lowest BCUT2D eigenvalue weighted by molar-refractivity contribution is 0.0285. The van der Waals surface area contributed by atoms with Crippen LogP contribution in [0.1, 0.15) is 44.0 Å². The van der Waals surface area contributed by atoms with Crippen LogP contribution in [0, 0.1) is 5.82 Å². The molecule has 1 atom stereocenters. The molecule has 0 radical (unpaired) electrons. The highest BCUT2D eigenvalue weighted by atomic mass is 35.5. The van der Waals surface area contributed by atoms with E-state index in [1.807, 2.05) is 17.6 Å². The van der Waals surface area contributed by atoms with Crippen molar-refractivity contribution >= 4 is 40.7 Å². The van der Waals surface area contributed by atoms with E-state index >= 15 is 0 Å². The van der Waals surface area contributed by atoms with Gasteiger partial charge in [0, 0.05) is 21.9 Å². The molecule has 0 aliphatic carbocycles. The molecule has 0 fully saturated rings. The zero-order valence-corrected chi connectivity index (χ0v) is 23.6. The number of thioether (sulfide) groups is 1. The van der Waals surface area contributed by atoms with Gasteiger partial charge in [0.05, 0.1) is 22.5 Å². The molecule has 9 heteroatoms. The van der Waals surface area contributed by atoms with Crippen LogP contribution >= 0.6 is 35.0 Å². The number of benzene rings is 2. The van der Waals surface area contributed by atoms with Crippen molar-refractivity contribution in [2.24, 2.45) is 0 Å². The van der Waals surface area contributed by atoms with Gasteiger partial charge in [0.25, 0.3) is 0 Å². The van der Waals surface area contributed by atoms with Crippen molar-refractivity contribution in [2.45, 2.75) is 49.1 Å². The molecule has 1 unspecified atom stereocenters. The summed E-state index contributed by atoms with van der Waals surface area (Å²) in [5.74, 6) is 0.122. The number of imidazole rings is 1. The van der Waals surface area contributed by atoms with Gasteiger partial charge in [-0.2, -0.15) is 0 Å². The molecule has 0 saturated heterocycles. The molecule has 200 valence electrons. The molecule has 0 saturated carbocycles. The Labute approximate surface area is 235 Å². The minimum Gasteiger partial charge on any atom is -0.489 e. The van der Waals surface area contributed by atoms with Gasteiger partial charge in [-0.25, -0.2) is 13.8 Å². The maximum absolute atomic E-state index is 14.7. The normalized spacial score (nSPS) is 17.9. The first-order chi connectivity index (χ1) is 17.9. The lowest BCUT2D eigenvalue weighted by Crippen LogP contribution is -2.28. The third kappa shape index (κ3) is 6.34. The summed E-state index contributed by atoms with van der Waals surface area (Å²) < 4.78 is 35.8. The smallest absolute Gasteiger partial charge is 0.173 e. The van der Waals surface area contributed by atoms with Crippen LogP contribution in [0.2, 0.25) is 10.0 Å². The number of fused-ring (bicyclic) bond motifs is 1. The number of nitrogens with zero attached hydrogens (tertiary/aromatic N) is 2. The van der Waals surface area contributed by atoms with Crippen molar-refractivity contribution in [3.05, 3.63) is 106 Å². The Bertz CT molecular complexity index is 1430. The second-order valence-electron chi connectivity index (χ2n) is 9.98. The topological polar surface area (TPSA) is 47.3 Å². The SMILES string of the molecule is C=C1C=CC(F)=CCC(C)(c2ccc(OCC(C)(C)O)c(Cl)c2)c2cnc(SCc3ccc(F)cc3Cl)n21. The Hall–Kier alpha value is -2.58. The Balaban J connectivity index is 1.74. The Morgan fingerprint density at radius 3 is 2.61 bits per heavy atom. The Morgan fingerprint density at radius 2 is 1.92 bits per heavy atom. The molecule has 1 aromatic heterocycles. The van der Waals surface area contributed by atoms with E-state index in [4.69, 9.17) is 27.9 Å². The van der Waals surface area contributed by atoms with Crippen molar-refractivity contribution in [3.63, 3.8) is 0 Å². The predicted octanol–water partition coefficient (Wildman–Crippen LogP) is 8.36. The quantitative estimate of drug-likeness (QED) is 0.287. The van der Waals surface area contributed by atoms with Gasteiger partial charge in [-0.3, -0.25) is 4.57 Å². The average Bonchev–Trinajstić information content (AvgIpc) is 3.29. The summed E-state index contributed by atoms with van der Waals surface area (Å²) in [5.41, 5.74) is 1.19. The van der Waals surface area contributed by atoms with Crippen molar-refractivity contribution in [1.82, 2.24) is 9.55 Å². The van der Waals surface area contributed by atoms with Crippen LogP contribution in [0.3, 0.4) is 0 Å². The molecule has 0 bridgehead atoms. The summed E-state index contributed by atoms with van der Waals surface area (Å²) >= 11 is 14.2. The molecule has 3 aromatic rings. The number of halogens is 4. The van der Waals surface area contributed by atoms with E-state index in [9.17, 15) is 13.9 Å². The maximum Gasteiger partial charge on any atom is 0.173 e. The summed E-state index contributed by atoms with van der Waals surface area (Å²) in [6.07, 6.45) is 6.61. The average molecular weight is 578 g/mol. The number of aliphatic hydroxyl groups is 1. The van der Waals surface area contributed by atoms with Crippen molar-refractivity contribution < 1.29 is 18.6 Å². The van der Waals surface area contributed by atoms with Gasteiger partial charge in [-0.05, 0) is 80.8 Å². The molecular weight excluding hydrogens is 549 g/mol. The Morgan fingerprint density at radius 1 is 1.16 bits per heavy atom. The van der Waals surface area contributed by atoms with Gasteiger partial charge in [-0.1, -0.05) is 53.7 Å².